The molecule has 0 saturated carbocycles. The molecule has 0 fully saturated rings. The maximum atomic E-state index is 14.5. The molecule has 0 radical (unpaired) electrons. The lowest BCUT2D eigenvalue weighted by atomic mass is 10.0. The van der Waals surface area contributed by atoms with Crippen molar-refractivity contribution in [2.75, 3.05) is 5.73 Å². The summed E-state index contributed by atoms with van der Waals surface area (Å²) in [5, 5.41) is 13.5. The van der Waals surface area contributed by atoms with Gasteiger partial charge in [0.1, 0.15) is 6.04 Å². The van der Waals surface area contributed by atoms with Gasteiger partial charge in [-0.2, -0.15) is 23.3 Å². The molecule has 5 N–H and O–H groups in total. The van der Waals surface area contributed by atoms with Gasteiger partial charge in [-0.25, -0.2) is 9.67 Å². The predicted molar refractivity (Wildman–Crippen MR) is 150 cm³/mol. The number of benzene rings is 3. The highest BCUT2D eigenvalue weighted by molar-refractivity contribution is 5.73. The summed E-state index contributed by atoms with van der Waals surface area (Å²) in [4.78, 5) is 19.1. The van der Waals surface area contributed by atoms with Gasteiger partial charge in [-0.15, -0.1) is 0 Å². The molecule has 0 amide bonds. The van der Waals surface area contributed by atoms with E-state index in [9.17, 15) is 18.0 Å². The SMILES string of the molecule is Nc1nc(OC(c2ccccc2-n2ccc(-c3ccccc3)n2)C(F)(F)F)cc(-c2ccc(C[C@H](N)C(=O)O)cc2)n1. The van der Waals surface area contributed by atoms with Gasteiger partial charge in [0.15, 0.2) is 0 Å². The molecule has 2 atom stereocenters. The topological polar surface area (TPSA) is 142 Å². The van der Waals surface area contributed by atoms with Crippen molar-refractivity contribution >= 4 is 11.9 Å². The molecule has 0 aliphatic carbocycles. The van der Waals surface area contributed by atoms with Gasteiger partial charge in [0.05, 0.1) is 17.1 Å². The van der Waals surface area contributed by atoms with Gasteiger partial charge in [-0.1, -0.05) is 72.8 Å². The first-order valence-corrected chi connectivity index (χ1v) is 12.7. The number of aliphatic carboxylic acids is 1. The molecule has 5 aromatic rings. The van der Waals surface area contributed by atoms with Gasteiger partial charge >= 0.3 is 12.1 Å². The first kappa shape index (κ1) is 28.3. The molecule has 1 unspecified atom stereocenters. The number of anilines is 1. The zero-order valence-corrected chi connectivity index (χ0v) is 21.9. The van der Waals surface area contributed by atoms with Crippen LogP contribution in [0.2, 0.25) is 0 Å². The number of hydrogen-bond donors (Lipinski definition) is 3. The number of rotatable bonds is 9. The molecule has 9 nitrogen and oxygen atoms in total. The second-order valence-electron chi connectivity index (χ2n) is 9.41. The number of hydrogen-bond acceptors (Lipinski definition) is 7. The van der Waals surface area contributed by atoms with E-state index in [1.54, 1.807) is 42.6 Å². The summed E-state index contributed by atoms with van der Waals surface area (Å²) in [6, 6.07) is 23.7. The molecule has 2 aromatic heterocycles. The fraction of sp³-hybridized carbons (Fsp3) is 0.133. The van der Waals surface area contributed by atoms with E-state index in [0.29, 0.717) is 16.8 Å². The van der Waals surface area contributed by atoms with E-state index in [0.717, 1.165) is 5.56 Å². The van der Waals surface area contributed by atoms with Crippen molar-refractivity contribution in [2.45, 2.75) is 24.7 Å². The molecule has 0 spiro atoms. The minimum Gasteiger partial charge on any atom is -0.480 e. The maximum Gasteiger partial charge on any atom is 0.429 e. The smallest absolute Gasteiger partial charge is 0.429 e. The molecule has 0 saturated heterocycles. The molecule has 214 valence electrons. The molecular weight excluding hydrogens is 549 g/mol. The Bertz CT molecular complexity index is 1690. The van der Waals surface area contributed by atoms with Gasteiger partial charge < -0.3 is 21.3 Å². The molecular formula is C30H25F3N6O3. The van der Waals surface area contributed by atoms with Gasteiger partial charge in [-0.3, -0.25) is 4.79 Å². The number of nitrogens with zero attached hydrogens (tertiary/aromatic N) is 4. The predicted octanol–water partition coefficient (Wildman–Crippen LogP) is 5.22. The van der Waals surface area contributed by atoms with E-state index < -0.39 is 24.3 Å². The summed E-state index contributed by atoms with van der Waals surface area (Å²) < 4.78 is 50.4. The molecule has 0 bridgehead atoms. The van der Waals surface area contributed by atoms with Crippen LogP contribution in [0.15, 0.2) is 97.2 Å². The van der Waals surface area contributed by atoms with E-state index in [1.807, 2.05) is 30.3 Å². The van der Waals surface area contributed by atoms with Crippen molar-refractivity contribution in [1.29, 1.82) is 0 Å². The lowest BCUT2D eigenvalue weighted by Gasteiger charge is -2.24. The number of carboxylic acid groups (broad SMARTS) is 1. The third-order valence-corrected chi connectivity index (χ3v) is 6.40. The third-order valence-electron chi connectivity index (χ3n) is 6.40. The van der Waals surface area contributed by atoms with Crippen LogP contribution in [0.4, 0.5) is 19.1 Å². The fourth-order valence-electron chi connectivity index (χ4n) is 4.37. The number of alkyl halides is 3. The summed E-state index contributed by atoms with van der Waals surface area (Å²) in [6.45, 7) is 0. The van der Waals surface area contributed by atoms with Crippen molar-refractivity contribution in [3.63, 3.8) is 0 Å². The lowest BCUT2D eigenvalue weighted by molar-refractivity contribution is -0.198. The highest BCUT2D eigenvalue weighted by atomic mass is 19.4. The van der Waals surface area contributed by atoms with Crippen LogP contribution in [-0.4, -0.2) is 43.0 Å². The molecule has 12 heteroatoms. The summed E-state index contributed by atoms with van der Waals surface area (Å²) in [7, 11) is 0. The van der Waals surface area contributed by atoms with Gasteiger partial charge in [-0.05, 0) is 24.1 Å². The highest BCUT2D eigenvalue weighted by Crippen LogP contribution is 2.39. The van der Waals surface area contributed by atoms with E-state index in [4.69, 9.17) is 21.3 Å². The van der Waals surface area contributed by atoms with Crippen molar-refractivity contribution in [3.05, 3.63) is 108 Å². The number of ether oxygens (including phenoxy) is 1. The minimum atomic E-state index is -4.82. The second kappa shape index (κ2) is 11.7. The second-order valence-corrected chi connectivity index (χ2v) is 9.41. The lowest BCUT2D eigenvalue weighted by Crippen LogP contribution is -2.32. The quantitative estimate of drug-likeness (QED) is 0.218. The van der Waals surface area contributed by atoms with E-state index >= 15 is 0 Å². The van der Waals surface area contributed by atoms with Gasteiger partial charge in [0.2, 0.25) is 17.9 Å². The van der Waals surface area contributed by atoms with Crippen LogP contribution >= 0.6 is 0 Å². The Morgan fingerprint density at radius 3 is 2.26 bits per heavy atom. The van der Waals surface area contributed by atoms with Gasteiger partial charge in [0.25, 0.3) is 0 Å². The van der Waals surface area contributed by atoms with E-state index in [2.05, 4.69) is 15.1 Å². The Morgan fingerprint density at radius 2 is 1.57 bits per heavy atom. The normalized spacial score (nSPS) is 13.0. The number of halogens is 3. The fourth-order valence-corrected chi connectivity index (χ4v) is 4.37. The van der Waals surface area contributed by atoms with E-state index in [-0.39, 0.29) is 35.2 Å². The zero-order chi connectivity index (χ0) is 29.9. The summed E-state index contributed by atoms with van der Waals surface area (Å²) in [6.07, 6.45) is -5.54. The van der Waals surface area contributed by atoms with Gasteiger partial charge in [0, 0.05) is 29.0 Å². The molecule has 42 heavy (non-hydrogen) atoms. The van der Waals surface area contributed by atoms with Crippen LogP contribution in [0.3, 0.4) is 0 Å². The van der Waals surface area contributed by atoms with Crippen molar-refractivity contribution in [2.24, 2.45) is 5.73 Å². The molecule has 5 rings (SSSR count). The number of nitrogens with two attached hydrogens (primary N) is 2. The monoisotopic (exact) mass is 574 g/mol. The van der Waals surface area contributed by atoms with Crippen LogP contribution < -0.4 is 16.2 Å². The maximum absolute atomic E-state index is 14.5. The minimum absolute atomic E-state index is 0.103. The van der Waals surface area contributed by atoms with Crippen molar-refractivity contribution < 1.29 is 27.8 Å². The summed E-state index contributed by atoms with van der Waals surface area (Å²) >= 11 is 0. The standard InChI is InChI=1S/C30H25F3N6O3/c31-30(32,33)27(21-8-4-5-9-25(21)39-15-14-23(38-39)19-6-2-1-3-7-19)42-26-17-24(36-29(35)37-26)20-12-10-18(11-13-20)16-22(34)28(40)41/h1-15,17,22,27H,16,34H2,(H,40,41)(H2,35,36,37)/t22-,27?/m0/s1. The Kier molecular flexibility index (Phi) is 7.89. The number of carboxylic acids is 1. The number of nitrogen functional groups attached to an aromatic ring is 1. The number of para-hydroxylation sites is 1. The molecule has 0 aliphatic heterocycles. The average molecular weight is 575 g/mol. The first-order valence-electron chi connectivity index (χ1n) is 12.7. The van der Waals surface area contributed by atoms with Crippen LogP contribution in [0.1, 0.15) is 17.2 Å². The zero-order valence-electron chi connectivity index (χ0n) is 21.9. The van der Waals surface area contributed by atoms with Crippen LogP contribution in [0.5, 0.6) is 5.88 Å². The average Bonchev–Trinajstić information content (AvgIpc) is 3.46. The van der Waals surface area contributed by atoms with Crippen LogP contribution in [-0.2, 0) is 11.2 Å². The summed E-state index contributed by atoms with van der Waals surface area (Å²) in [5.41, 5.74) is 14.3. The Balaban J connectivity index is 1.46. The number of aromatic nitrogens is 4. The molecule has 0 aliphatic rings. The Hall–Kier alpha value is -5.23. The first-order chi connectivity index (χ1) is 20.1. The van der Waals surface area contributed by atoms with E-state index in [1.165, 1.54) is 28.9 Å². The number of carbonyl (C=O) groups is 1. The Morgan fingerprint density at radius 1 is 0.905 bits per heavy atom. The van der Waals surface area contributed by atoms with Crippen LogP contribution in [0.25, 0.3) is 28.2 Å². The summed E-state index contributed by atoms with van der Waals surface area (Å²) in [5.74, 6) is -1.79. The third kappa shape index (κ3) is 6.39. The van der Waals surface area contributed by atoms with Crippen LogP contribution in [0, 0.1) is 0 Å². The Labute approximate surface area is 238 Å². The molecule has 2 heterocycles. The highest BCUT2D eigenvalue weighted by Gasteiger charge is 2.45. The molecule has 3 aromatic carbocycles. The largest absolute Gasteiger partial charge is 0.480 e. The van der Waals surface area contributed by atoms with Crippen molar-refractivity contribution in [3.8, 4) is 34.1 Å². The van der Waals surface area contributed by atoms with Crippen molar-refractivity contribution in [1.82, 2.24) is 19.7 Å².